The number of rotatable bonds is 5. The maximum atomic E-state index is 12.5. The molecule has 3 aromatic rings. The van der Waals surface area contributed by atoms with Gasteiger partial charge in [-0.3, -0.25) is 4.79 Å². The normalized spacial score (nSPS) is 11.3. The summed E-state index contributed by atoms with van der Waals surface area (Å²) in [5, 5.41) is 2.26. The minimum absolute atomic E-state index is 0.0903. The molecular weight excluding hydrogens is 363 g/mol. The van der Waals surface area contributed by atoms with Gasteiger partial charge in [0.1, 0.15) is 5.76 Å². The minimum atomic E-state index is -0.0903. The smallest absolute Gasteiger partial charge is 0.366 e. The highest BCUT2D eigenvalue weighted by Gasteiger charge is 2.09. The molecule has 0 spiro atoms. The van der Waals surface area contributed by atoms with E-state index in [4.69, 9.17) is 4.65 Å². The van der Waals surface area contributed by atoms with Crippen LogP contribution in [0.15, 0.2) is 77.3 Å². The maximum absolute atomic E-state index is 12.5. The summed E-state index contributed by atoms with van der Waals surface area (Å²) in [6.45, 7) is 1.79. The molecule has 0 heterocycles. The number of fused-ring (bicyclic) bond motifs is 1. The lowest BCUT2D eigenvalue weighted by Gasteiger charge is -2.10. The van der Waals surface area contributed by atoms with E-state index in [1.165, 1.54) is 6.08 Å². The van der Waals surface area contributed by atoms with E-state index in [9.17, 15) is 4.79 Å². The van der Waals surface area contributed by atoms with Crippen LogP contribution in [0.4, 0.5) is 0 Å². The molecule has 1 radical (unpaired) electrons. The fourth-order valence-electron chi connectivity index (χ4n) is 2.47. The number of ketones is 1. The van der Waals surface area contributed by atoms with Crippen LogP contribution in [-0.2, 0) is 4.65 Å². The average molecular weight is 378 g/mol. The molecule has 0 amide bonds. The highest BCUT2D eigenvalue weighted by Crippen LogP contribution is 2.23. The van der Waals surface area contributed by atoms with Gasteiger partial charge in [0.05, 0.1) is 0 Å². The van der Waals surface area contributed by atoms with E-state index in [0.717, 1.165) is 20.8 Å². The van der Waals surface area contributed by atoms with Crippen molar-refractivity contribution in [2.24, 2.45) is 0 Å². The number of hydrogen-bond donors (Lipinski definition) is 0. The van der Waals surface area contributed by atoms with Crippen molar-refractivity contribution in [2.45, 2.75) is 6.82 Å². The van der Waals surface area contributed by atoms with Gasteiger partial charge < -0.3 is 4.65 Å². The summed E-state index contributed by atoms with van der Waals surface area (Å²) in [5.41, 5.74) is 1.49. The lowest BCUT2D eigenvalue weighted by atomic mass is 10.0. The Balaban J connectivity index is 1.98. The molecule has 0 atom stereocenters. The Labute approximate surface area is 150 Å². The number of carbonyl (C=O) groups excluding carboxylic acids is 1. The van der Waals surface area contributed by atoms with Gasteiger partial charge in [-0.25, -0.2) is 0 Å². The fraction of sp³-hybridized carbons (Fsp3) is 0.0500. The van der Waals surface area contributed by atoms with Crippen molar-refractivity contribution in [3.05, 3.63) is 88.4 Å². The highest BCUT2D eigenvalue weighted by atomic mass is 79.9. The van der Waals surface area contributed by atoms with Crippen LogP contribution >= 0.6 is 15.9 Å². The van der Waals surface area contributed by atoms with Crippen LogP contribution in [0.1, 0.15) is 15.9 Å². The van der Waals surface area contributed by atoms with Gasteiger partial charge in [-0.2, -0.15) is 0 Å². The molecular formula is C20H15BBrO2. The van der Waals surface area contributed by atoms with E-state index >= 15 is 0 Å². The number of benzene rings is 3. The zero-order chi connectivity index (χ0) is 16.9. The Bertz CT molecular complexity index is 901. The summed E-state index contributed by atoms with van der Waals surface area (Å²) in [6.07, 6.45) is 1.54. The van der Waals surface area contributed by atoms with Gasteiger partial charge in [0.15, 0.2) is 5.78 Å². The summed E-state index contributed by atoms with van der Waals surface area (Å²) in [7, 11) is 1.58. The monoisotopic (exact) mass is 377 g/mol. The van der Waals surface area contributed by atoms with Crippen LogP contribution in [-0.4, -0.2) is 13.3 Å². The molecule has 2 nitrogen and oxygen atoms in total. The summed E-state index contributed by atoms with van der Waals surface area (Å²) in [5.74, 6) is 0.448. The van der Waals surface area contributed by atoms with Crippen molar-refractivity contribution in [1.82, 2.24) is 0 Å². The Morgan fingerprint density at radius 3 is 2.33 bits per heavy atom. The predicted molar refractivity (Wildman–Crippen MR) is 103 cm³/mol. The van der Waals surface area contributed by atoms with Crippen LogP contribution in [0, 0.1) is 0 Å². The van der Waals surface area contributed by atoms with Gasteiger partial charge in [0, 0.05) is 21.7 Å². The second-order valence-electron chi connectivity index (χ2n) is 5.30. The zero-order valence-corrected chi connectivity index (χ0v) is 14.8. The SMILES string of the molecule is C[B]O/C(=C\C(=O)c1ccc(Br)cc1)c1ccc2ccccc2c1. The van der Waals surface area contributed by atoms with Gasteiger partial charge in [-0.1, -0.05) is 59.2 Å². The molecule has 4 heteroatoms. The Kier molecular flexibility index (Phi) is 5.16. The van der Waals surface area contributed by atoms with Crippen LogP contribution < -0.4 is 0 Å². The first kappa shape index (κ1) is 16.5. The third kappa shape index (κ3) is 3.77. The molecule has 0 aliphatic carbocycles. The quantitative estimate of drug-likeness (QED) is 0.253. The first-order chi connectivity index (χ1) is 11.7. The first-order valence-electron chi connectivity index (χ1n) is 7.62. The van der Waals surface area contributed by atoms with Crippen molar-refractivity contribution < 1.29 is 9.45 Å². The molecule has 0 aliphatic rings. The zero-order valence-electron chi connectivity index (χ0n) is 13.2. The van der Waals surface area contributed by atoms with E-state index in [-0.39, 0.29) is 5.78 Å². The first-order valence-corrected chi connectivity index (χ1v) is 8.42. The van der Waals surface area contributed by atoms with Crippen LogP contribution in [0.25, 0.3) is 16.5 Å². The molecule has 0 N–H and O–H groups in total. The Morgan fingerprint density at radius 1 is 0.958 bits per heavy atom. The van der Waals surface area contributed by atoms with Gasteiger partial charge in [0.25, 0.3) is 0 Å². The van der Waals surface area contributed by atoms with E-state index in [1.54, 1.807) is 26.4 Å². The highest BCUT2D eigenvalue weighted by molar-refractivity contribution is 9.10. The standard InChI is InChI=1S/C20H15BBrO2/c1-21-24-20(13-19(23)15-8-10-18(22)11-9-15)17-7-6-14-4-2-3-5-16(14)12-17/h2-13H,1H3/b20-13-. The lowest BCUT2D eigenvalue weighted by Crippen LogP contribution is -2.00. The molecule has 3 rings (SSSR count). The molecule has 3 aromatic carbocycles. The molecule has 0 unspecified atom stereocenters. The summed E-state index contributed by atoms with van der Waals surface area (Å²) >= 11 is 3.37. The van der Waals surface area contributed by atoms with Gasteiger partial charge in [-0.05, 0) is 41.1 Å². The number of carbonyl (C=O) groups is 1. The topological polar surface area (TPSA) is 26.3 Å². The van der Waals surface area contributed by atoms with Crippen LogP contribution in [0.2, 0.25) is 6.82 Å². The van der Waals surface area contributed by atoms with E-state index < -0.39 is 0 Å². The average Bonchev–Trinajstić information content (AvgIpc) is 2.61. The van der Waals surface area contributed by atoms with Crippen molar-refractivity contribution in [3.8, 4) is 0 Å². The van der Waals surface area contributed by atoms with E-state index in [0.29, 0.717) is 11.3 Å². The molecule has 0 saturated heterocycles. The molecule has 117 valence electrons. The van der Waals surface area contributed by atoms with Crippen molar-refractivity contribution in [2.75, 3.05) is 0 Å². The number of hydrogen-bond acceptors (Lipinski definition) is 2. The lowest BCUT2D eigenvalue weighted by molar-refractivity contribution is 0.104. The Morgan fingerprint density at radius 2 is 1.62 bits per heavy atom. The molecule has 0 bridgehead atoms. The maximum Gasteiger partial charge on any atom is 0.366 e. The predicted octanol–water partition coefficient (Wildman–Crippen LogP) is 5.51. The second-order valence-corrected chi connectivity index (χ2v) is 6.21. The number of halogens is 1. The van der Waals surface area contributed by atoms with Gasteiger partial charge >= 0.3 is 7.48 Å². The fourth-order valence-corrected chi connectivity index (χ4v) is 2.74. The van der Waals surface area contributed by atoms with Gasteiger partial charge in [-0.15, -0.1) is 0 Å². The molecule has 0 fully saturated rings. The van der Waals surface area contributed by atoms with Crippen LogP contribution in [0.5, 0.6) is 0 Å². The minimum Gasteiger partial charge on any atom is -0.563 e. The van der Waals surface area contributed by atoms with E-state index in [1.807, 2.05) is 48.5 Å². The van der Waals surface area contributed by atoms with Crippen molar-refractivity contribution >= 4 is 45.7 Å². The summed E-state index contributed by atoms with van der Waals surface area (Å²) < 4.78 is 6.54. The summed E-state index contributed by atoms with van der Waals surface area (Å²) in [6, 6.07) is 21.4. The number of allylic oxidation sites excluding steroid dienone is 1. The van der Waals surface area contributed by atoms with E-state index in [2.05, 4.69) is 22.0 Å². The molecule has 0 saturated carbocycles. The molecule has 0 aromatic heterocycles. The second kappa shape index (κ2) is 7.50. The van der Waals surface area contributed by atoms with Gasteiger partial charge in [0.2, 0.25) is 0 Å². The Hall–Kier alpha value is -2.33. The molecule has 24 heavy (non-hydrogen) atoms. The van der Waals surface area contributed by atoms with Crippen molar-refractivity contribution in [3.63, 3.8) is 0 Å². The molecule has 0 aliphatic heterocycles. The van der Waals surface area contributed by atoms with Crippen LogP contribution in [0.3, 0.4) is 0 Å². The third-order valence-electron chi connectivity index (χ3n) is 3.67. The largest absolute Gasteiger partial charge is 0.563 e. The third-order valence-corrected chi connectivity index (χ3v) is 4.20. The summed E-state index contributed by atoms with van der Waals surface area (Å²) in [4.78, 5) is 12.5. The van der Waals surface area contributed by atoms with Crippen molar-refractivity contribution in [1.29, 1.82) is 0 Å².